The average molecular weight is 392 g/mol. The second-order valence-electron chi connectivity index (χ2n) is 8.15. The topological polar surface area (TPSA) is 69.9 Å². The monoisotopic (exact) mass is 391 g/mol. The van der Waals surface area contributed by atoms with E-state index in [4.69, 9.17) is 11.4 Å². The van der Waals surface area contributed by atoms with Gasteiger partial charge >= 0.3 is 0 Å². The van der Waals surface area contributed by atoms with Gasteiger partial charge in [0.25, 0.3) is 0 Å². The maximum absolute atomic E-state index is 11.0. The van der Waals surface area contributed by atoms with E-state index in [1.165, 1.54) is 0 Å². The van der Waals surface area contributed by atoms with Crippen LogP contribution < -0.4 is 0 Å². The highest BCUT2D eigenvalue weighted by atomic mass is 32.1. The number of carbonyl (C=O) groups excluding carboxylic acids is 1. The molecule has 150 valence electrons. The molecule has 27 heavy (non-hydrogen) atoms. The first kappa shape index (κ1) is 22.2. The van der Waals surface area contributed by atoms with Gasteiger partial charge in [0.15, 0.2) is 5.12 Å². The first-order valence-corrected chi connectivity index (χ1v) is 10.6. The Labute approximate surface area is 169 Å². The highest BCUT2D eigenvalue weighted by Gasteiger charge is 2.54. The van der Waals surface area contributed by atoms with Crippen LogP contribution in [0.1, 0.15) is 65.2 Å². The van der Waals surface area contributed by atoms with Crippen molar-refractivity contribution in [3.05, 3.63) is 12.2 Å². The summed E-state index contributed by atoms with van der Waals surface area (Å²) in [6, 6.07) is 0. The summed E-state index contributed by atoms with van der Waals surface area (Å²) in [5.74, 6) is 3.01. The molecule has 2 N–H and O–H groups in total. The summed E-state index contributed by atoms with van der Waals surface area (Å²) in [5.41, 5.74) is 0.391. The Balaban J connectivity index is 2.03. The second kappa shape index (κ2) is 9.91. The molecule has 6 unspecified atom stereocenters. The highest BCUT2D eigenvalue weighted by Crippen LogP contribution is 2.49. The van der Waals surface area contributed by atoms with Crippen molar-refractivity contribution >= 4 is 23.5 Å². The lowest BCUT2D eigenvalue weighted by Gasteiger charge is -2.22. The Kier molecular flexibility index (Phi) is 8.15. The fourth-order valence-electron chi connectivity index (χ4n) is 4.40. The van der Waals surface area contributed by atoms with E-state index >= 15 is 0 Å². The largest absolute Gasteiger partial charge is 0.392 e. The minimum atomic E-state index is -0.645. The normalized spacial score (nSPS) is 32.1. The molecule has 0 bridgehead atoms. The summed E-state index contributed by atoms with van der Waals surface area (Å²) in [6.45, 7) is 4.20. The van der Waals surface area contributed by atoms with Crippen LogP contribution in [-0.4, -0.2) is 38.8 Å². The highest BCUT2D eigenvalue weighted by molar-refractivity contribution is 7.96. The van der Waals surface area contributed by atoms with Gasteiger partial charge in [-0.1, -0.05) is 44.8 Å². The molecule has 0 spiro atoms. The van der Waals surface area contributed by atoms with E-state index in [-0.39, 0.29) is 22.9 Å². The van der Waals surface area contributed by atoms with Crippen LogP contribution in [0.25, 0.3) is 0 Å². The molecule has 2 aliphatic rings. The Bertz CT molecular complexity index is 624. The molecule has 2 rings (SSSR count). The van der Waals surface area contributed by atoms with E-state index < -0.39 is 17.7 Å². The SMILES string of the molecule is C#CC12CC(O)C(C=CC(O)C(C)CCCC)C1CC(CCCC(=O)S)=N2. The molecule has 1 aliphatic heterocycles. The zero-order valence-electron chi connectivity index (χ0n) is 16.5. The maximum atomic E-state index is 11.0. The number of aliphatic hydroxyl groups is 2. The Morgan fingerprint density at radius 2 is 2.26 bits per heavy atom. The average Bonchev–Trinajstić information content (AvgIpc) is 3.09. The van der Waals surface area contributed by atoms with Crippen LogP contribution >= 0.6 is 12.6 Å². The summed E-state index contributed by atoms with van der Waals surface area (Å²) in [5, 5.41) is 20.9. The smallest absolute Gasteiger partial charge is 0.185 e. The van der Waals surface area contributed by atoms with E-state index in [9.17, 15) is 15.0 Å². The summed E-state index contributed by atoms with van der Waals surface area (Å²) in [7, 11) is 0. The molecular weight excluding hydrogens is 358 g/mol. The lowest BCUT2D eigenvalue weighted by Crippen LogP contribution is -2.27. The number of rotatable bonds is 10. The zero-order chi connectivity index (χ0) is 20.0. The molecule has 1 saturated carbocycles. The number of carbonyl (C=O) groups is 1. The third-order valence-corrected chi connectivity index (χ3v) is 6.31. The zero-order valence-corrected chi connectivity index (χ0v) is 17.4. The van der Waals surface area contributed by atoms with Crippen molar-refractivity contribution in [2.75, 3.05) is 0 Å². The van der Waals surface area contributed by atoms with Crippen molar-refractivity contribution in [1.29, 1.82) is 0 Å². The molecule has 0 aromatic rings. The maximum Gasteiger partial charge on any atom is 0.185 e. The lowest BCUT2D eigenvalue weighted by atomic mass is 9.82. The molecule has 6 atom stereocenters. The molecule has 0 radical (unpaired) electrons. The first-order chi connectivity index (χ1) is 12.8. The number of terminal acetylenes is 1. The molecule has 0 aromatic heterocycles. The van der Waals surface area contributed by atoms with Crippen LogP contribution in [0.3, 0.4) is 0 Å². The summed E-state index contributed by atoms with van der Waals surface area (Å²) >= 11 is 3.81. The van der Waals surface area contributed by atoms with Crippen LogP contribution in [0.15, 0.2) is 17.1 Å². The molecule has 0 aromatic carbocycles. The molecular formula is C22H33NO3S. The van der Waals surface area contributed by atoms with E-state index in [1.54, 1.807) is 0 Å². The number of hydrogen-bond donors (Lipinski definition) is 3. The van der Waals surface area contributed by atoms with Gasteiger partial charge in [-0.25, -0.2) is 0 Å². The van der Waals surface area contributed by atoms with Crippen molar-refractivity contribution in [2.24, 2.45) is 22.7 Å². The van der Waals surface area contributed by atoms with Crippen molar-refractivity contribution in [3.8, 4) is 12.3 Å². The summed E-state index contributed by atoms with van der Waals surface area (Å²) in [6.07, 6.45) is 14.9. The van der Waals surface area contributed by atoms with Crippen molar-refractivity contribution in [3.63, 3.8) is 0 Å². The van der Waals surface area contributed by atoms with Crippen LogP contribution in [0.2, 0.25) is 0 Å². The van der Waals surface area contributed by atoms with Gasteiger partial charge in [-0.3, -0.25) is 9.79 Å². The van der Waals surface area contributed by atoms with Crippen molar-refractivity contribution in [2.45, 2.75) is 83.0 Å². The van der Waals surface area contributed by atoms with Crippen LogP contribution in [0.4, 0.5) is 0 Å². The van der Waals surface area contributed by atoms with Crippen LogP contribution in [0.5, 0.6) is 0 Å². The minimum Gasteiger partial charge on any atom is -0.392 e. The Morgan fingerprint density at radius 3 is 2.89 bits per heavy atom. The lowest BCUT2D eigenvalue weighted by molar-refractivity contribution is -0.110. The molecule has 5 heteroatoms. The third kappa shape index (κ3) is 5.47. The summed E-state index contributed by atoms with van der Waals surface area (Å²) in [4.78, 5) is 15.8. The fraction of sp³-hybridized carbons (Fsp3) is 0.727. The number of unbranched alkanes of at least 4 members (excludes halogenated alkanes) is 1. The Morgan fingerprint density at radius 1 is 1.52 bits per heavy atom. The van der Waals surface area contributed by atoms with Gasteiger partial charge in [-0.15, -0.1) is 19.1 Å². The number of hydrogen-bond acceptors (Lipinski definition) is 4. The standard InChI is InChI=1S/C22H33NO3S/c1-4-6-8-15(3)19(24)12-11-17-18-13-16(9-7-10-21(26)27)23-22(18,5-2)14-20(17)25/h2,11-12,15,17-20,24-25H,4,6-10,13-14H2,1,3H3,(H,26,27). The van der Waals surface area contributed by atoms with Gasteiger partial charge in [-0.2, -0.15) is 0 Å². The number of aliphatic hydroxyl groups excluding tert-OH is 2. The number of aliphatic imine (C=N–C) groups is 1. The quantitative estimate of drug-likeness (QED) is 0.303. The molecule has 0 saturated heterocycles. The molecule has 4 nitrogen and oxygen atoms in total. The van der Waals surface area contributed by atoms with E-state index in [2.05, 4.69) is 32.4 Å². The van der Waals surface area contributed by atoms with Crippen molar-refractivity contribution < 1.29 is 15.0 Å². The van der Waals surface area contributed by atoms with Crippen LogP contribution in [0, 0.1) is 30.1 Å². The van der Waals surface area contributed by atoms with Crippen molar-refractivity contribution in [1.82, 2.24) is 0 Å². The number of thiol groups is 1. The fourth-order valence-corrected chi connectivity index (χ4v) is 4.56. The van der Waals surface area contributed by atoms with Gasteiger partial charge in [0, 0.05) is 30.4 Å². The molecule has 1 fully saturated rings. The third-order valence-electron chi connectivity index (χ3n) is 6.09. The van der Waals surface area contributed by atoms with Gasteiger partial charge in [0.1, 0.15) is 5.54 Å². The summed E-state index contributed by atoms with van der Waals surface area (Å²) < 4.78 is 0. The number of fused-ring (bicyclic) bond motifs is 1. The van der Waals surface area contributed by atoms with E-state index in [1.807, 2.05) is 12.2 Å². The van der Waals surface area contributed by atoms with Crippen LogP contribution in [-0.2, 0) is 4.79 Å². The Hall–Kier alpha value is -1.09. The molecule has 0 amide bonds. The van der Waals surface area contributed by atoms with Gasteiger partial charge in [0.2, 0.25) is 0 Å². The predicted octanol–water partition coefficient (Wildman–Crippen LogP) is 3.57. The second-order valence-corrected chi connectivity index (χ2v) is 8.65. The van der Waals surface area contributed by atoms with Gasteiger partial charge < -0.3 is 10.2 Å². The number of nitrogens with zero attached hydrogens (tertiary/aromatic N) is 1. The van der Waals surface area contributed by atoms with Gasteiger partial charge in [-0.05, 0) is 31.6 Å². The van der Waals surface area contributed by atoms with E-state index in [0.29, 0.717) is 12.8 Å². The molecule has 1 heterocycles. The molecule has 1 aliphatic carbocycles. The predicted molar refractivity (Wildman–Crippen MR) is 113 cm³/mol. The van der Waals surface area contributed by atoms with Gasteiger partial charge in [0.05, 0.1) is 12.2 Å². The van der Waals surface area contributed by atoms with E-state index in [0.717, 1.165) is 44.2 Å². The first-order valence-electron chi connectivity index (χ1n) is 10.1. The minimum absolute atomic E-state index is 0.0635.